The van der Waals surface area contributed by atoms with Crippen molar-refractivity contribution in [3.8, 4) is 0 Å². The van der Waals surface area contributed by atoms with E-state index in [1.54, 1.807) is 0 Å². The topological polar surface area (TPSA) is 40.5 Å². The fourth-order valence-electron chi connectivity index (χ4n) is 1.90. The first kappa shape index (κ1) is 12.8. The van der Waals surface area contributed by atoms with Gasteiger partial charge in [0.25, 0.3) is 0 Å². The summed E-state index contributed by atoms with van der Waals surface area (Å²) >= 11 is 1.87. The highest BCUT2D eigenvalue weighted by Crippen LogP contribution is 2.24. The van der Waals surface area contributed by atoms with E-state index < -0.39 is 5.97 Å². The van der Waals surface area contributed by atoms with Crippen molar-refractivity contribution >= 4 is 17.7 Å². The summed E-state index contributed by atoms with van der Waals surface area (Å²) in [5, 5.41) is 8.85. The number of carboxylic acid groups (broad SMARTS) is 1. The zero-order chi connectivity index (χ0) is 11.5. The van der Waals surface area contributed by atoms with Crippen LogP contribution < -0.4 is 0 Å². The van der Waals surface area contributed by atoms with Crippen LogP contribution in [-0.2, 0) is 4.79 Å². The van der Waals surface area contributed by atoms with Gasteiger partial charge in [-0.2, -0.15) is 11.8 Å². The Balaban J connectivity index is 2.53. The minimum Gasteiger partial charge on any atom is -0.481 e. The van der Waals surface area contributed by atoms with Crippen molar-refractivity contribution in [2.75, 3.05) is 24.6 Å². The van der Waals surface area contributed by atoms with Crippen molar-refractivity contribution < 1.29 is 9.90 Å². The average Bonchev–Trinajstić information content (AvgIpc) is 2.05. The lowest BCUT2D eigenvalue weighted by Crippen LogP contribution is -2.47. The Labute approximate surface area is 96.2 Å². The summed E-state index contributed by atoms with van der Waals surface area (Å²) in [6.45, 7) is 8.62. The van der Waals surface area contributed by atoms with Gasteiger partial charge in [-0.05, 0) is 5.41 Å². The highest BCUT2D eigenvalue weighted by molar-refractivity contribution is 7.99. The van der Waals surface area contributed by atoms with Gasteiger partial charge in [-0.1, -0.05) is 20.8 Å². The van der Waals surface area contributed by atoms with Gasteiger partial charge in [-0.3, -0.25) is 9.69 Å². The SMILES string of the molecule is CC(C)(C)CN1CCSCC1CC(=O)O. The van der Waals surface area contributed by atoms with E-state index in [4.69, 9.17) is 5.11 Å². The van der Waals surface area contributed by atoms with E-state index in [9.17, 15) is 4.79 Å². The number of carboxylic acids is 1. The number of hydrogen-bond acceptors (Lipinski definition) is 3. The third kappa shape index (κ3) is 4.89. The summed E-state index contributed by atoms with van der Waals surface area (Å²) in [6.07, 6.45) is 0.281. The normalized spacial score (nSPS) is 24.1. The first-order chi connectivity index (χ1) is 6.88. The number of thioether (sulfide) groups is 1. The molecular formula is C11H21NO2S. The largest absolute Gasteiger partial charge is 0.481 e. The molecule has 0 aliphatic carbocycles. The van der Waals surface area contributed by atoms with E-state index in [2.05, 4.69) is 25.7 Å². The predicted molar refractivity (Wildman–Crippen MR) is 64.4 cm³/mol. The summed E-state index contributed by atoms with van der Waals surface area (Å²) in [6, 6.07) is 0.223. The van der Waals surface area contributed by atoms with Gasteiger partial charge >= 0.3 is 5.97 Å². The Morgan fingerprint density at radius 2 is 2.20 bits per heavy atom. The molecule has 1 N–H and O–H groups in total. The van der Waals surface area contributed by atoms with Crippen molar-refractivity contribution in [2.45, 2.75) is 33.2 Å². The molecule has 0 spiro atoms. The molecule has 0 aromatic heterocycles. The summed E-state index contributed by atoms with van der Waals surface area (Å²) in [4.78, 5) is 13.1. The molecule has 1 atom stereocenters. The van der Waals surface area contributed by atoms with E-state index in [0.29, 0.717) is 0 Å². The molecule has 0 saturated carbocycles. The van der Waals surface area contributed by atoms with Crippen LogP contribution in [0.5, 0.6) is 0 Å². The van der Waals surface area contributed by atoms with Gasteiger partial charge in [0.2, 0.25) is 0 Å². The molecule has 0 aromatic rings. The van der Waals surface area contributed by atoms with Gasteiger partial charge in [0, 0.05) is 30.6 Å². The van der Waals surface area contributed by atoms with Crippen LogP contribution >= 0.6 is 11.8 Å². The second-order valence-corrected chi connectivity index (χ2v) is 6.51. The lowest BCUT2D eigenvalue weighted by atomic mass is 9.95. The van der Waals surface area contributed by atoms with Crippen molar-refractivity contribution in [1.82, 2.24) is 4.90 Å². The molecule has 1 unspecified atom stereocenters. The average molecular weight is 231 g/mol. The molecule has 1 heterocycles. The minimum atomic E-state index is -0.679. The van der Waals surface area contributed by atoms with E-state index in [-0.39, 0.29) is 17.9 Å². The smallest absolute Gasteiger partial charge is 0.304 e. The Hall–Kier alpha value is -0.220. The van der Waals surface area contributed by atoms with Crippen molar-refractivity contribution in [2.24, 2.45) is 5.41 Å². The van der Waals surface area contributed by atoms with Gasteiger partial charge in [-0.15, -0.1) is 0 Å². The van der Waals surface area contributed by atoms with E-state index in [0.717, 1.165) is 24.6 Å². The molecule has 4 heteroatoms. The maximum atomic E-state index is 10.7. The molecule has 88 valence electrons. The van der Waals surface area contributed by atoms with Crippen LogP contribution in [0.2, 0.25) is 0 Å². The van der Waals surface area contributed by atoms with Crippen molar-refractivity contribution in [1.29, 1.82) is 0 Å². The fraction of sp³-hybridized carbons (Fsp3) is 0.909. The van der Waals surface area contributed by atoms with Crippen LogP contribution in [0.25, 0.3) is 0 Å². The first-order valence-electron chi connectivity index (χ1n) is 5.42. The molecular weight excluding hydrogens is 210 g/mol. The van der Waals surface area contributed by atoms with Crippen molar-refractivity contribution in [3.05, 3.63) is 0 Å². The first-order valence-corrected chi connectivity index (χ1v) is 6.57. The standard InChI is InChI=1S/C11H21NO2S/c1-11(2,3)8-12-4-5-15-7-9(12)6-10(13)14/h9H,4-8H2,1-3H3,(H,13,14). The van der Waals surface area contributed by atoms with Gasteiger partial charge in [0.15, 0.2) is 0 Å². The van der Waals surface area contributed by atoms with Crippen LogP contribution in [0.15, 0.2) is 0 Å². The molecule has 0 aromatic carbocycles. The maximum absolute atomic E-state index is 10.7. The number of aliphatic carboxylic acids is 1. The summed E-state index contributed by atoms with van der Waals surface area (Å²) in [5.41, 5.74) is 0.249. The zero-order valence-electron chi connectivity index (χ0n) is 9.82. The zero-order valence-corrected chi connectivity index (χ0v) is 10.6. The molecule has 0 bridgehead atoms. The monoisotopic (exact) mass is 231 g/mol. The third-order valence-corrected chi connectivity index (χ3v) is 3.53. The van der Waals surface area contributed by atoms with Crippen LogP contribution in [0.3, 0.4) is 0 Å². The molecule has 1 saturated heterocycles. The Bertz CT molecular complexity index is 225. The van der Waals surface area contributed by atoms with Gasteiger partial charge < -0.3 is 5.11 Å². The van der Waals surface area contributed by atoms with E-state index in [1.807, 2.05) is 11.8 Å². The highest BCUT2D eigenvalue weighted by atomic mass is 32.2. The summed E-state index contributed by atoms with van der Waals surface area (Å²) in [7, 11) is 0. The molecule has 15 heavy (non-hydrogen) atoms. The molecule has 3 nitrogen and oxygen atoms in total. The predicted octanol–water partition coefficient (Wildman–Crippen LogP) is 1.92. The number of nitrogens with zero attached hydrogens (tertiary/aromatic N) is 1. The Morgan fingerprint density at radius 3 is 2.73 bits per heavy atom. The van der Waals surface area contributed by atoms with Crippen LogP contribution in [0, 0.1) is 5.41 Å². The Kier molecular flexibility index (Phi) is 4.46. The van der Waals surface area contributed by atoms with E-state index in [1.165, 1.54) is 0 Å². The highest BCUT2D eigenvalue weighted by Gasteiger charge is 2.27. The van der Waals surface area contributed by atoms with Crippen LogP contribution in [-0.4, -0.2) is 46.6 Å². The number of carbonyl (C=O) groups is 1. The fourth-order valence-corrected chi connectivity index (χ4v) is 3.03. The number of hydrogen-bond donors (Lipinski definition) is 1. The lowest BCUT2D eigenvalue weighted by Gasteiger charge is -2.38. The molecule has 1 aliphatic heterocycles. The number of rotatable bonds is 3. The Morgan fingerprint density at radius 1 is 1.53 bits per heavy atom. The lowest BCUT2D eigenvalue weighted by molar-refractivity contribution is -0.138. The summed E-state index contributed by atoms with van der Waals surface area (Å²) < 4.78 is 0. The van der Waals surface area contributed by atoms with Crippen LogP contribution in [0.1, 0.15) is 27.2 Å². The minimum absolute atomic E-state index is 0.223. The third-order valence-electron chi connectivity index (χ3n) is 2.44. The molecule has 1 rings (SSSR count). The second kappa shape index (κ2) is 5.21. The second-order valence-electron chi connectivity index (χ2n) is 5.36. The van der Waals surface area contributed by atoms with Gasteiger partial charge in [0.05, 0.1) is 6.42 Å². The van der Waals surface area contributed by atoms with Crippen molar-refractivity contribution in [3.63, 3.8) is 0 Å². The van der Waals surface area contributed by atoms with Crippen LogP contribution in [0.4, 0.5) is 0 Å². The van der Waals surface area contributed by atoms with E-state index >= 15 is 0 Å². The molecule has 1 fully saturated rings. The maximum Gasteiger partial charge on any atom is 0.304 e. The van der Waals surface area contributed by atoms with Gasteiger partial charge in [-0.25, -0.2) is 0 Å². The molecule has 0 amide bonds. The molecule has 1 aliphatic rings. The molecule has 0 radical (unpaired) electrons. The van der Waals surface area contributed by atoms with Gasteiger partial charge in [0.1, 0.15) is 0 Å². The summed E-state index contributed by atoms with van der Waals surface area (Å²) in [5.74, 6) is 1.41. The quantitative estimate of drug-likeness (QED) is 0.805.